The Kier molecular flexibility index (Phi) is 11.6. The molecule has 1 unspecified atom stereocenters. The Hall–Kier alpha value is -0.680. The quantitative estimate of drug-likeness (QED) is 0.325. The van der Waals surface area contributed by atoms with Gasteiger partial charge in [-0.3, -0.25) is 9.20 Å². The zero-order chi connectivity index (χ0) is 19.0. The molecule has 0 aromatic heterocycles. The number of benzene rings is 1. The molecule has 0 fully saturated rings. The van der Waals surface area contributed by atoms with Gasteiger partial charge in [0.05, 0.1) is 0 Å². The van der Waals surface area contributed by atoms with E-state index in [0.29, 0.717) is 28.8 Å². The minimum Gasteiger partial charge on any atom is -0.434 e. The van der Waals surface area contributed by atoms with E-state index < -0.39 is 17.4 Å². The third-order valence-electron chi connectivity index (χ3n) is 3.17. The molecule has 150 valence electrons. The van der Waals surface area contributed by atoms with E-state index in [9.17, 15) is 13.0 Å². The molecule has 0 amide bonds. The smallest absolute Gasteiger partial charge is 0.387 e. The lowest BCUT2D eigenvalue weighted by Crippen LogP contribution is -2.40. The Morgan fingerprint density at radius 2 is 2.00 bits per heavy atom. The number of rotatable bonds is 7. The Bertz CT molecular complexity index is 628. The van der Waals surface area contributed by atoms with E-state index in [2.05, 4.69) is 20.4 Å². The summed E-state index contributed by atoms with van der Waals surface area (Å²) in [7, 11) is 0.613. The first-order valence-corrected chi connectivity index (χ1v) is 9.39. The molecule has 0 saturated heterocycles. The van der Waals surface area contributed by atoms with Crippen LogP contribution in [0.15, 0.2) is 23.2 Å². The van der Waals surface area contributed by atoms with E-state index >= 15 is 0 Å². The third-order valence-corrected chi connectivity index (χ3v) is 5.35. The van der Waals surface area contributed by atoms with Crippen molar-refractivity contribution >= 4 is 52.3 Å². The maximum absolute atomic E-state index is 12.5. The summed E-state index contributed by atoms with van der Waals surface area (Å²) < 4.78 is 41.1. The van der Waals surface area contributed by atoms with Crippen molar-refractivity contribution in [2.45, 2.75) is 38.7 Å². The van der Waals surface area contributed by atoms with Crippen LogP contribution in [0, 0.1) is 0 Å². The molecule has 1 rings (SSSR count). The topological polar surface area (TPSA) is 62.7 Å². The van der Waals surface area contributed by atoms with E-state index in [1.165, 1.54) is 12.1 Å². The number of hydrogen-bond acceptors (Lipinski definition) is 3. The molecule has 0 bridgehead atoms. The maximum Gasteiger partial charge on any atom is 0.387 e. The van der Waals surface area contributed by atoms with Crippen molar-refractivity contribution in [2.75, 3.05) is 19.3 Å². The number of nitrogens with zero attached hydrogens (tertiary/aromatic N) is 1. The minimum atomic E-state index is -2.91. The molecule has 0 heterocycles. The number of alkyl halides is 2. The molecular formula is C16H25ClF2IN3O2S. The number of halogens is 4. The molecule has 2 N–H and O–H groups in total. The normalized spacial score (nSPS) is 13.2. The first kappa shape index (κ1) is 25.3. The van der Waals surface area contributed by atoms with Gasteiger partial charge in [0.15, 0.2) is 5.96 Å². The number of ether oxygens (including phenoxy) is 1. The van der Waals surface area contributed by atoms with Crippen LogP contribution in [0.1, 0.15) is 26.3 Å². The van der Waals surface area contributed by atoms with Crippen molar-refractivity contribution in [3.05, 3.63) is 28.8 Å². The highest BCUT2D eigenvalue weighted by molar-refractivity contribution is 14.0. The van der Waals surface area contributed by atoms with Crippen molar-refractivity contribution < 1.29 is 17.7 Å². The number of nitrogens with one attached hydrogen (secondary N) is 2. The van der Waals surface area contributed by atoms with Gasteiger partial charge >= 0.3 is 6.61 Å². The van der Waals surface area contributed by atoms with E-state index in [4.69, 9.17) is 11.6 Å². The zero-order valence-corrected chi connectivity index (χ0v) is 19.0. The molecule has 0 radical (unpaired) electrons. The minimum absolute atomic E-state index is 0. The average Bonchev–Trinajstić information content (AvgIpc) is 2.51. The molecule has 1 aromatic rings. The van der Waals surface area contributed by atoms with Gasteiger partial charge in [0.2, 0.25) is 0 Å². The molecule has 0 aliphatic carbocycles. The maximum atomic E-state index is 12.5. The molecule has 0 aliphatic heterocycles. The van der Waals surface area contributed by atoms with E-state index in [-0.39, 0.29) is 41.0 Å². The summed E-state index contributed by atoms with van der Waals surface area (Å²) in [4.78, 5) is 4.05. The van der Waals surface area contributed by atoms with Gasteiger partial charge in [-0.15, -0.1) is 24.0 Å². The molecule has 1 atom stereocenters. The second-order valence-electron chi connectivity index (χ2n) is 6.15. The zero-order valence-electron chi connectivity index (χ0n) is 15.1. The monoisotopic (exact) mass is 523 g/mol. The fourth-order valence-corrected chi connectivity index (χ4v) is 2.96. The number of aliphatic imine (C=N–C) groups is 1. The lowest BCUT2D eigenvalue weighted by atomic mass is 10.2. The lowest BCUT2D eigenvalue weighted by Gasteiger charge is -2.19. The highest BCUT2D eigenvalue weighted by atomic mass is 127. The van der Waals surface area contributed by atoms with Crippen molar-refractivity contribution in [2.24, 2.45) is 4.99 Å². The van der Waals surface area contributed by atoms with Crippen molar-refractivity contribution in [1.82, 2.24) is 10.6 Å². The van der Waals surface area contributed by atoms with Crippen molar-refractivity contribution in [3.8, 4) is 5.75 Å². The Labute approximate surface area is 177 Å². The summed E-state index contributed by atoms with van der Waals surface area (Å²) in [5, 5.41) is 6.46. The van der Waals surface area contributed by atoms with Crippen LogP contribution in [-0.4, -0.2) is 40.9 Å². The SMILES string of the molecule is CN=C(NCCS(=O)C(C)(C)C)NCc1cc(Cl)ccc1OC(F)F.I. The Balaban J connectivity index is 0.00000625. The van der Waals surface area contributed by atoms with Crippen LogP contribution in [0.4, 0.5) is 8.78 Å². The number of hydrogen-bond donors (Lipinski definition) is 2. The third kappa shape index (κ3) is 9.31. The van der Waals surface area contributed by atoms with Crippen molar-refractivity contribution in [3.63, 3.8) is 0 Å². The standard InChI is InChI=1S/C16H24ClF2N3O2S.HI/c1-16(2,3)25(23)8-7-21-15(20-4)22-10-11-9-12(17)5-6-13(11)24-14(18)19;/h5-6,9,14H,7-8,10H2,1-4H3,(H2,20,21,22);1H. The predicted octanol–water partition coefficient (Wildman–Crippen LogP) is 3.77. The summed E-state index contributed by atoms with van der Waals surface area (Å²) in [5.41, 5.74) is 0.481. The highest BCUT2D eigenvalue weighted by Crippen LogP contribution is 2.24. The summed E-state index contributed by atoms with van der Waals surface area (Å²) in [5.74, 6) is 0.992. The predicted molar refractivity (Wildman–Crippen MR) is 114 cm³/mol. The van der Waals surface area contributed by atoms with E-state index in [0.717, 1.165) is 0 Å². The van der Waals surface area contributed by atoms with Crippen LogP contribution in [0.5, 0.6) is 5.75 Å². The fraction of sp³-hybridized carbons (Fsp3) is 0.562. The van der Waals surface area contributed by atoms with Crippen molar-refractivity contribution in [1.29, 1.82) is 0 Å². The second-order valence-corrected chi connectivity index (χ2v) is 8.91. The molecule has 10 heteroatoms. The van der Waals surface area contributed by atoms with Crippen LogP contribution in [0.3, 0.4) is 0 Å². The van der Waals surface area contributed by atoms with E-state index in [1.54, 1.807) is 13.1 Å². The number of guanidine groups is 1. The van der Waals surface area contributed by atoms with Crippen LogP contribution in [0.25, 0.3) is 0 Å². The van der Waals surface area contributed by atoms with Crippen LogP contribution in [-0.2, 0) is 17.3 Å². The fourth-order valence-electron chi connectivity index (χ4n) is 1.86. The van der Waals surface area contributed by atoms with Gasteiger partial charge in [0.25, 0.3) is 0 Å². The van der Waals surface area contributed by atoms with Gasteiger partial charge in [-0.25, -0.2) is 0 Å². The van der Waals surface area contributed by atoms with Crippen LogP contribution in [0.2, 0.25) is 5.02 Å². The summed E-state index contributed by atoms with van der Waals surface area (Å²) in [6.07, 6.45) is 0. The second kappa shape index (κ2) is 11.9. The molecule has 5 nitrogen and oxygen atoms in total. The average molecular weight is 524 g/mol. The highest BCUT2D eigenvalue weighted by Gasteiger charge is 2.18. The summed E-state index contributed by atoms with van der Waals surface area (Å²) in [6, 6.07) is 4.43. The molecule has 0 aliphatic rings. The van der Waals surface area contributed by atoms with Gasteiger partial charge in [0.1, 0.15) is 5.75 Å². The van der Waals surface area contributed by atoms with Gasteiger partial charge < -0.3 is 15.4 Å². The Morgan fingerprint density at radius 1 is 1.35 bits per heavy atom. The first-order chi connectivity index (χ1) is 11.6. The molecular weight excluding hydrogens is 499 g/mol. The summed E-state index contributed by atoms with van der Waals surface area (Å²) in [6.45, 7) is 3.51. The van der Waals surface area contributed by atoms with Gasteiger partial charge in [-0.05, 0) is 39.0 Å². The summed E-state index contributed by atoms with van der Waals surface area (Å²) >= 11 is 5.91. The van der Waals surface area contributed by atoms with Gasteiger partial charge in [0, 0.05) is 52.0 Å². The largest absolute Gasteiger partial charge is 0.434 e. The molecule has 26 heavy (non-hydrogen) atoms. The molecule has 0 spiro atoms. The van der Waals surface area contributed by atoms with Crippen LogP contribution >= 0.6 is 35.6 Å². The first-order valence-electron chi connectivity index (χ1n) is 7.69. The molecule has 0 saturated carbocycles. The van der Waals surface area contributed by atoms with Crippen LogP contribution < -0.4 is 15.4 Å². The lowest BCUT2D eigenvalue weighted by molar-refractivity contribution is -0.0504. The van der Waals surface area contributed by atoms with E-state index in [1.807, 2.05) is 20.8 Å². The Morgan fingerprint density at radius 3 is 2.54 bits per heavy atom. The van der Waals surface area contributed by atoms with Gasteiger partial charge in [-0.2, -0.15) is 8.78 Å². The molecule has 1 aromatic carbocycles. The van der Waals surface area contributed by atoms with Gasteiger partial charge in [-0.1, -0.05) is 11.6 Å².